The number of rotatable bonds is 4. The summed E-state index contributed by atoms with van der Waals surface area (Å²) >= 11 is 0. The number of sulfonamides is 1. The van der Waals surface area contributed by atoms with E-state index in [9.17, 15) is 23.4 Å². The standard InChI is InChI=1S/C18H17N3O5S/c1-11-16(9-12-2-7-17(23)13(8-12)10-22)18(24)21(20-11)14-3-5-15(6-4-14)27(19,25)26/h2-9,22-23H,10H2,1H3,(H2,19,25,26)/b16-9-. The van der Waals surface area contributed by atoms with Crippen LogP contribution in [-0.2, 0) is 21.4 Å². The lowest BCUT2D eigenvalue weighted by Gasteiger charge is -2.12. The lowest BCUT2D eigenvalue weighted by atomic mass is 10.0. The third-order valence-electron chi connectivity index (χ3n) is 4.06. The van der Waals surface area contributed by atoms with E-state index < -0.39 is 10.0 Å². The van der Waals surface area contributed by atoms with Crippen LogP contribution in [0.2, 0.25) is 0 Å². The Hall–Kier alpha value is -3.01. The van der Waals surface area contributed by atoms with Gasteiger partial charge in [0.1, 0.15) is 5.75 Å². The first-order valence-electron chi connectivity index (χ1n) is 7.88. The van der Waals surface area contributed by atoms with Crippen molar-refractivity contribution in [1.29, 1.82) is 0 Å². The quantitative estimate of drug-likeness (QED) is 0.681. The van der Waals surface area contributed by atoms with Crippen LogP contribution < -0.4 is 10.1 Å². The fraction of sp³-hybridized carbons (Fsp3) is 0.111. The number of carbonyl (C=O) groups excluding carboxylic acids is 1. The van der Waals surface area contributed by atoms with Crippen LogP contribution >= 0.6 is 0 Å². The van der Waals surface area contributed by atoms with Crippen molar-refractivity contribution in [3.63, 3.8) is 0 Å². The average Bonchev–Trinajstić information content (AvgIpc) is 2.90. The largest absolute Gasteiger partial charge is 0.508 e. The molecule has 0 spiro atoms. The van der Waals surface area contributed by atoms with E-state index in [1.807, 2.05) is 0 Å². The van der Waals surface area contributed by atoms with Gasteiger partial charge in [0.25, 0.3) is 5.91 Å². The highest BCUT2D eigenvalue weighted by atomic mass is 32.2. The van der Waals surface area contributed by atoms with Crippen molar-refractivity contribution < 1.29 is 23.4 Å². The van der Waals surface area contributed by atoms with Crippen LogP contribution in [0.1, 0.15) is 18.1 Å². The molecular weight excluding hydrogens is 370 g/mol. The zero-order valence-electron chi connectivity index (χ0n) is 14.3. The van der Waals surface area contributed by atoms with E-state index >= 15 is 0 Å². The monoisotopic (exact) mass is 387 g/mol. The molecule has 2 aromatic rings. The molecule has 0 radical (unpaired) electrons. The lowest BCUT2D eigenvalue weighted by molar-refractivity contribution is -0.114. The fourth-order valence-corrected chi connectivity index (χ4v) is 3.14. The van der Waals surface area contributed by atoms with Crippen LogP contribution in [-0.4, -0.2) is 30.2 Å². The summed E-state index contributed by atoms with van der Waals surface area (Å²) in [5.41, 5.74) is 2.20. The normalized spacial score (nSPS) is 16.1. The van der Waals surface area contributed by atoms with Gasteiger partial charge in [0.15, 0.2) is 0 Å². The number of hydrogen-bond donors (Lipinski definition) is 3. The Bertz CT molecular complexity index is 1070. The minimum Gasteiger partial charge on any atom is -0.508 e. The van der Waals surface area contributed by atoms with Crippen LogP contribution in [0.15, 0.2) is 58.0 Å². The van der Waals surface area contributed by atoms with Gasteiger partial charge in [-0.1, -0.05) is 6.07 Å². The van der Waals surface area contributed by atoms with Gasteiger partial charge in [-0.05, 0) is 55.0 Å². The van der Waals surface area contributed by atoms with Gasteiger partial charge < -0.3 is 10.2 Å². The number of hydrazone groups is 1. The molecule has 9 heteroatoms. The number of hydrogen-bond acceptors (Lipinski definition) is 6. The van der Waals surface area contributed by atoms with E-state index in [0.717, 1.165) is 0 Å². The van der Waals surface area contributed by atoms with E-state index in [2.05, 4.69) is 5.10 Å². The van der Waals surface area contributed by atoms with Gasteiger partial charge in [-0.2, -0.15) is 10.1 Å². The lowest BCUT2D eigenvalue weighted by Crippen LogP contribution is -2.21. The second-order valence-corrected chi connectivity index (χ2v) is 7.51. The maximum atomic E-state index is 12.7. The highest BCUT2D eigenvalue weighted by Gasteiger charge is 2.28. The fourth-order valence-electron chi connectivity index (χ4n) is 2.62. The number of primary sulfonamides is 1. The second kappa shape index (κ2) is 6.95. The number of amides is 1. The molecule has 0 bridgehead atoms. The molecule has 0 fully saturated rings. The third kappa shape index (κ3) is 3.75. The maximum absolute atomic E-state index is 12.7. The summed E-state index contributed by atoms with van der Waals surface area (Å²) in [7, 11) is -3.82. The van der Waals surface area contributed by atoms with Gasteiger partial charge in [-0.3, -0.25) is 4.79 Å². The summed E-state index contributed by atoms with van der Waals surface area (Å²) in [6.45, 7) is 1.35. The Morgan fingerprint density at radius 3 is 2.44 bits per heavy atom. The van der Waals surface area contributed by atoms with E-state index in [1.165, 1.54) is 35.3 Å². The van der Waals surface area contributed by atoms with E-state index in [1.54, 1.807) is 25.1 Å². The molecule has 140 valence electrons. The van der Waals surface area contributed by atoms with Gasteiger partial charge in [0.2, 0.25) is 10.0 Å². The molecule has 1 aliphatic heterocycles. The zero-order chi connectivity index (χ0) is 19.8. The molecule has 3 rings (SSSR count). The minimum atomic E-state index is -3.82. The predicted octanol–water partition coefficient (Wildman–Crippen LogP) is 1.34. The van der Waals surface area contributed by atoms with Crippen molar-refractivity contribution in [3.8, 4) is 5.75 Å². The van der Waals surface area contributed by atoms with Gasteiger partial charge in [0.05, 0.1) is 28.5 Å². The SMILES string of the molecule is CC1=NN(c2ccc(S(N)(=O)=O)cc2)C(=O)/C1=C\c1ccc(O)c(CO)c1. The van der Waals surface area contributed by atoms with Gasteiger partial charge in [-0.15, -0.1) is 0 Å². The molecule has 1 amide bonds. The van der Waals surface area contributed by atoms with Crippen LogP contribution in [0.5, 0.6) is 5.75 Å². The van der Waals surface area contributed by atoms with E-state index in [4.69, 9.17) is 5.14 Å². The van der Waals surface area contributed by atoms with E-state index in [-0.39, 0.29) is 23.2 Å². The second-order valence-electron chi connectivity index (χ2n) is 5.95. The molecule has 1 heterocycles. The average molecular weight is 387 g/mol. The zero-order valence-corrected chi connectivity index (χ0v) is 15.1. The molecule has 0 aromatic heterocycles. The molecule has 0 unspecified atom stereocenters. The Morgan fingerprint density at radius 2 is 1.85 bits per heavy atom. The number of carbonyl (C=O) groups is 1. The first-order valence-corrected chi connectivity index (χ1v) is 9.42. The predicted molar refractivity (Wildman–Crippen MR) is 100 cm³/mol. The van der Waals surface area contributed by atoms with Crippen LogP contribution in [0.3, 0.4) is 0 Å². The molecular formula is C18H17N3O5S. The number of aromatic hydroxyl groups is 1. The highest BCUT2D eigenvalue weighted by molar-refractivity contribution is 7.89. The first-order chi connectivity index (χ1) is 12.7. The van der Waals surface area contributed by atoms with Crippen molar-refractivity contribution in [1.82, 2.24) is 0 Å². The number of phenols is 1. The number of benzene rings is 2. The number of aliphatic hydroxyl groups excluding tert-OH is 1. The Kier molecular flexibility index (Phi) is 4.83. The highest BCUT2D eigenvalue weighted by Crippen LogP contribution is 2.27. The van der Waals surface area contributed by atoms with Gasteiger partial charge in [-0.25, -0.2) is 13.6 Å². The number of nitrogens with zero attached hydrogens (tertiary/aromatic N) is 2. The Balaban J connectivity index is 1.92. The molecule has 0 atom stereocenters. The smallest absolute Gasteiger partial charge is 0.280 e. The Labute approximate surface area is 155 Å². The van der Waals surface area contributed by atoms with Crippen molar-refractivity contribution in [2.45, 2.75) is 18.4 Å². The first kappa shape index (κ1) is 18.8. The maximum Gasteiger partial charge on any atom is 0.280 e. The molecule has 0 aliphatic carbocycles. The van der Waals surface area contributed by atoms with Crippen molar-refractivity contribution in [2.24, 2.45) is 10.2 Å². The molecule has 4 N–H and O–H groups in total. The van der Waals surface area contributed by atoms with E-state index in [0.29, 0.717) is 28.1 Å². The summed E-state index contributed by atoms with van der Waals surface area (Å²) < 4.78 is 22.7. The summed E-state index contributed by atoms with van der Waals surface area (Å²) in [6, 6.07) is 10.1. The van der Waals surface area contributed by atoms with Crippen LogP contribution in [0.4, 0.5) is 5.69 Å². The van der Waals surface area contributed by atoms with Gasteiger partial charge in [0, 0.05) is 5.56 Å². The molecule has 0 saturated heterocycles. The topological polar surface area (TPSA) is 133 Å². The molecule has 0 saturated carbocycles. The molecule has 2 aromatic carbocycles. The molecule has 8 nitrogen and oxygen atoms in total. The summed E-state index contributed by atoms with van der Waals surface area (Å²) in [5.74, 6) is -0.408. The summed E-state index contributed by atoms with van der Waals surface area (Å²) in [6.07, 6.45) is 1.61. The Morgan fingerprint density at radius 1 is 1.19 bits per heavy atom. The van der Waals surface area contributed by atoms with Crippen molar-refractivity contribution >= 4 is 33.4 Å². The number of aliphatic hydroxyl groups is 1. The van der Waals surface area contributed by atoms with Crippen molar-refractivity contribution in [3.05, 3.63) is 59.2 Å². The third-order valence-corrected chi connectivity index (χ3v) is 4.99. The summed E-state index contributed by atoms with van der Waals surface area (Å²) in [4.78, 5) is 12.7. The van der Waals surface area contributed by atoms with Crippen LogP contribution in [0.25, 0.3) is 6.08 Å². The van der Waals surface area contributed by atoms with Gasteiger partial charge >= 0.3 is 0 Å². The molecule has 27 heavy (non-hydrogen) atoms. The molecule has 1 aliphatic rings. The van der Waals surface area contributed by atoms with Crippen LogP contribution in [0, 0.1) is 0 Å². The minimum absolute atomic E-state index is 0.0284. The van der Waals surface area contributed by atoms with Crippen molar-refractivity contribution in [2.75, 3.05) is 5.01 Å². The summed E-state index contributed by atoms with van der Waals surface area (Å²) in [5, 5.41) is 29.3. The number of anilines is 1. The number of nitrogens with two attached hydrogens (primary N) is 1.